The summed E-state index contributed by atoms with van der Waals surface area (Å²) in [6.07, 6.45) is 1.93. The summed E-state index contributed by atoms with van der Waals surface area (Å²) in [5.41, 5.74) is 1.72. The van der Waals surface area contributed by atoms with Crippen LogP contribution in [0.2, 0.25) is 0 Å². The second-order valence-electron chi connectivity index (χ2n) is 5.38. The molecule has 5 heteroatoms. The maximum atomic E-state index is 14.5. The Morgan fingerprint density at radius 2 is 2.15 bits per heavy atom. The van der Waals surface area contributed by atoms with Crippen LogP contribution in [0.25, 0.3) is 10.9 Å². The zero-order valence-electron chi connectivity index (χ0n) is 11.7. The summed E-state index contributed by atoms with van der Waals surface area (Å²) in [5.74, 6) is -0.171. The van der Waals surface area contributed by atoms with Crippen LogP contribution >= 0.6 is 12.2 Å². The van der Waals surface area contributed by atoms with Crippen LogP contribution in [-0.4, -0.2) is 36.1 Å². The van der Waals surface area contributed by atoms with Gasteiger partial charge in [0.25, 0.3) is 0 Å². The Hall–Kier alpha value is -1.30. The Bertz CT molecular complexity index is 710. The minimum absolute atomic E-state index is 0.0712. The molecular formula is C15H18FN3S. The number of pyridine rings is 1. The van der Waals surface area contributed by atoms with Crippen molar-refractivity contribution >= 4 is 23.1 Å². The van der Waals surface area contributed by atoms with Gasteiger partial charge in [0, 0.05) is 59.9 Å². The Labute approximate surface area is 123 Å². The number of halogens is 1. The Balaban J connectivity index is 2.19. The van der Waals surface area contributed by atoms with Gasteiger partial charge in [-0.05, 0) is 25.2 Å². The van der Waals surface area contributed by atoms with Gasteiger partial charge in [0.1, 0.15) is 5.82 Å². The number of aromatic nitrogens is 1. The molecule has 2 heterocycles. The summed E-state index contributed by atoms with van der Waals surface area (Å²) in [7, 11) is 4.00. The third kappa shape index (κ3) is 2.26. The van der Waals surface area contributed by atoms with E-state index in [2.05, 4.69) is 10.2 Å². The Morgan fingerprint density at radius 3 is 2.90 bits per heavy atom. The van der Waals surface area contributed by atoms with Crippen molar-refractivity contribution < 1.29 is 4.39 Å². The van der Waals surface area contributed by atoms with Crippen LogP contribution in [0.1, 0.15) is 11.6 Å². The summed E-state index contributed by atoms with van der Waals surface area (Å²) in [6.45, 7) is 2.65. The van der Waals surface area contributed by atoms with E-state index in [1.54, 1.807) is 6.07 Å². The van der Waals surface area contributed by atoms with Gasteiger partial charge >= 0.3 is 0 Å². The lowest BCUT2D eigenvalue weighted by Crippen LogP contribution is -2.44. The minimum Gasteiger partial charge on any atom is -0.350 e. The zero-order valence-corrected chi connectivity index (χ0v) is 12.5. The first-order valence-corrected chi connectivity index (χ1v) is 7.18. The number of rotatable bonds is 1. The van der Waals surface area contributed by atoms with Gasteiger partial charge in [0.15, 0.2) is 0 Å². The van der Waals surface area contributed by atoms with Crippen LogP contribution < -0.4 is 5.32 Å². The van der Waals surface area contributed by atoms with E-state index < -0.39 is 0 Å². The topological polar surface area (TPSA) is 20.2 Å². The molecule has 0 saturated carbocycles. The Morgan fingerprint density at radius 1 is 1.35 bits per heavy atom. The van der Waals surface area contributed by atoms with E-state index in [-0.39, 0.29) is 11.9 Å². The molecule has 1 N–H and O–H groups in total. The van der Waals surface area contributed by atoms with Gasteiger partial charge in [0.05, 0.1) is 0 Å². The van der Waals surface area contributed by atoms with Crippen LogP contribution in [0.5, 0.6) is 0 Å². The molecule has 0 aliphatic carbocycles. The maximum Gasteiger partial charge on any atom is 0.128 e. The molecule has 1 saturated heterocycles. The second-order valence-corrected chi connectivity index (χ2v) is 5.82. The van der Waals surface area contributed by atoms with E-state index >= 15 is 0 Å². The van der Waals surface area contributed by atoms with Crippen LogP contribution in [0.4, 0.5) is 4.39 Å². The number of hydrogen-bond acceptors (Lipinski definition) is 3. The fourth-order valence-electron chi connectivity index (χ4n) is 2.83. The minimum atomic E-state index is -0.171. The average Bonchev–Trinajstić information content (AvgIpc) is 2.44. The quantitative estimate of drug-likeness (QED) is 0.816. The molecule has 1 fully saturated rings. The lowest BCUT2D eigenvalue weighted by molar-refractivity contribution is 0.198. The molecule has 1 unspecified atom stereocenters. The van der Waals surface area contributed by atoms with E-state index in [1.165, 1.54) is 0 Å². The first-order chi connectivity index (χ1) is 9.58. The monoisotopic (exact) mass is 291 g/mol. The molecule has 1 aliphatic heterocycles. The first kappa shape index (κ1) is 13.7. The summed E-state index contributed by atoms with van der Waals surface area (Å²) < 4.78 is 17.2. The van der Waals surface area contributed by atoms with Crippen molar-refractivity contribution in [1.29, 1.82) is 0 Å². The lowest BCUT2D eigenvalue weighted by atomic mass is 10.0. The van der Waals surface area contributed by atoms with Crippen LogP contribution in [-0.2, 0) is 7.05 Å². The summed E-state index contributed by atoms with van der Waals surface area (Å²) in [4.78, 5) is 2.19. The normalized spacial score (nSPS) is 20.4. The molecule has 0 spiro atoms. The number of fused-ring (bicyclic) bond motifs is 1. The molecule has 1 aromatic carbocycles. The van der Waals surface area contributed by atoms with Gasteiger partial charge in [-0.3, -0.25) is 4.90 Å². The van der Waals surface area contributed by atoms with Gasteiger partial charge in [-0.2, -0.15) is 0 Å². The second kappa shape index (κ2) is 5.24. The van der Waals surface area contributed by atoms with Crippen LogP contribution in [0.15, 0.2) is 24.4 Å². The van der Waals surface area contributed by atoms with Gasteiger partial charge in [-0.1, -0.05) is 12.2 Å². The summed E-state index contributed by atoms with van der Waals surface area (Å²) in [6, 6.07) is 5.43. The molecule has 0 radical (unpaired) electrons. The first-order valence-electron chi connectivity index (χ1n) is 6.77. The van der Waals surface area contributed by atoms with Crippen LogP contribution in [0.3, 0.4) is 0 Å². The van der Waals surface area contributed by atoms with E-state index in [0.717, 1.165) is 36.1 Å². The molecule has 1 atom stereocenters. The highest BCUT2D eigenvalue weighted by Crippen LogP contribution is 2.28. The van der Waals surface area contributed by atoms with E-state index in [1.807, 2.05) is 37.0 Å². The molecule has 2 aromatic rings. The SMILES string of the molecule is CN1CCNCC1c1cc2c(cc1F)c(=S)ccn2C. The molecule has 20 heavy (non-hydrogen) atoms. The third-order valence-corrected chi connectivity index (χ3v) is 4.44. The van der Waals surface area contributed by atoms with Gasteiger partial charge in [0.2, 0.25) is 0 Å². The van der Waals surface area contributed by atoms with E-state index in [9.17, 15) is 4.39 Å². The smallest absolute Gasteiger partial charge is 0.128 e. The largest absolute Gasteiger partial charge is 0.350 e. The van der Waals surface area contributed by atoms with Gasteiger partial charge in [-0.15, -0.1) is 0 Å². The fourth-order valence-corrected chi connectivity index (χ4v) is 3.05. The molecule has 1 aromatic heterocycles. The standard InChI is InChI=1S/C15H18FN3S/c1-18-5-3-15(20)11-7-12(16)10(8-13(11)18)14-9-17-4-6-19(14)2/h3,5,7-8,14,17H,4,6,9H2,1-2H3. The van der Waals surface area contributed by atoms with Crippen molar-refractivity contribution in [2.24, 2.45) is 7.05 Å². The van der Waals surface area contributed by atoms with Crippen molar-refractivity contribution in [1.82, 2.24) is 14.8 Å². The van der Waals surface area contributed by atoms with Crippen molar-refractivity contribution in [3.63, 3.8) is 0 Å². The number of likely N-dealkylation sites (N-methyl/N-ethyl adjacent to an activating group) is 1. The van der Waals surface area contributed by atoms with Gasteiger partial charge in [-0.25, -0.2) is 4.39 Å². The number of piperazine rings is 1. The molecule has 0 amide bonds. The average molecular weight is 291 g/mol. The number of nitrogens with one attached hydrogen (secondary N) is 1. The van der Waals surface area contributed by atoms with Crippen LogP contribution in [0, 0.1) is 10.3 Å². The maximum absolute atomic E-state index is 14.5. The van der Waals surface area contributed by atoms with Crippen molar-refractivity contribution in [2.45, 2.75) is 6.04 Å². The Kier molecular flexibility index (Phi) is 3.58. The molecule has 0 bridgehead atoms. The molecular weight excluding hydrogens is 273 g/mol. The molecule has 3 rings (SSSR count). The summed E-state index contributed by atoms with van der Waals surface area (Å²) in [5, 5.41) is 4.13. The predicted molar refractivity (Wildman–Crippen MR) is 82.0 cm³/mol. The third-order valence-electron chi connectivity index (χ3n) is 4.08. The summed E-state index contributed by atoms with van der Waals surface area (Å²) >= 11 is 5.29. The van der Waals surface area contributed by atoms with Gasteiger partial charge < -0.3 is 9.88 Å². The number of hydrogen-bond donors (Lipinski definition) is 1. The lowest BCUT2D eigenvalue weighted by Gasteiger charge is -2.33. The highest BCUT2D eigenvalue weighted by atomic mass is 32.1. The molecule has 1 aliphatic rings. The number of aryl methyl sites for hydroxylation is 1. The molecule has 106 valence electrons. The van der Waals surface area contributed by atoms with E-state index in [4.69, 9.17) is 12.2 Å². The van der Waals surface area contributed by atoms with Crippen molar-refractivity contribution in [3.8, 4) is 0 Å². The van der Waals surface area contributed by atoms with E-state index in [0.29, 0.717) is 4.51 Å². The van der Waals surface area contributed by atoms with Crippen molar-refractivity contribution in [3.05, 3.63) is 40.3 Å². The fraction of sp³-hybridized carbons (Fsp3) is 0.400. The highest BCUT2D eigenvalue weighted by molar-refractivity contribution is 7.71. The van der Waals surface area contributed by atoms with Crippen molar-refractivity contribution in [2.75, 3.05) is 26.7 Å². The zero-order chi connectivity index (χ0) is 14.3. The predicted octanol–water partition coefficient (Wildman–Crippen LogP) is 2.62. The number of nitrogens with zero attached hydrogens (tertiary/aromatic N) is 2. The number of benzene rings is 1. The molecule has 3 nitrogen and oxygen atoms in total. The highest BCUT2D eigenvalue weighted by Gasteiger charge is 2.23.